The SMILES string of the molecule is ClCCC=CC1CCCCC1. The molecule has 1 aliphatic rings. The Balaban J connectivity index is 2.13. The first-order chi connectivity index (χ1) is 5.43. The fraction of sp³-hybridized carbons (Fsp3) is 0.800. The minimum atomic E-state index is 0.767. The molecule has 64 valence electrons. The van der Waals surface area contributed by atoms with Crippen LogP contribution in [-0.4, -0.2) is 5.88 Å². The maximum Gasteiger partial charge on any atom is 0.0258 e. The fourth-order valence-corrected chi connectivity index (χ4v) is 1.80. The third-order valence-corrected chi connectivity index (χ3v) is 2.55. The average Bonchev–Trinajstić information content (AvgIpc) is 2.07. The van der Waals surface area contributed by atoms with Crippen LogP contribution in [0.2, 0.25) is 0 Å². The third kappa shape index (κ3) is 3.81. The Morgan fingerprint density at radius 3 is 2.55 bits per heavy atom. The van der Waals surface area contributed by atoms with Crippen molar-refractivity contribution in [2.75, 3.05) is 5.88 Å². The Hall–Kier alpha value is 0.0300. The zero-order valence-electron chi connectivity index (χ0n) is 7.06. The normalized spacial score (nSPS) is 21.2. The number of alkyl halides is 1. The largest absolute Gasteiger partial charge is 0.126 e. The summed E-state index contributed by atoms with van der Waals surface area (Å²) in [7, 11) is 0. The lowest BCUT2D eigenvalue weighted by Gasteiger charge is -2.17. The molecule has 0 radical (unpaired) electrons. The van der Waals surface area contributed by atoms with E-state index in [2.05, 4.69) is 12.2 Å². The molecule has 0 heterocycles. The highest BCUT2D eigenvalue weighted by atomic mass is 35.5. The molecule has 1 heteroatoms. The number of hydrogen-bond donors (Lipinski definition) is 0. The van der Waals surface area contributed by atoms with Gasteiger partial charge in [0.05, 0.1) is 0 Å². The smallest absolute Gasteiger partial charge is 0.0258 e. The molecule has 0 unspecified atom stereocenters. The molecule has 0 atom stereocenters. The summed E-state index contributed by atoms with van der Waals surface area (Å²) >= 11 is 5.57. The summed E-state index contributed by atoms with van der Waals surface area (Å²) < 4.78 is 0. The molecular formula is C10H17Cl. The quantitative estimate of drug-likeness (QED) is 0.449. The second-order valence-electron chi connectivity index (χ2n) is 3.30. The van der Waals surface area contributed by atoms with Gasteiger partial charge >= 0.3 is 0 Å². The summed E-state index contributed by atoms with van der Waals surface area (Å²) in [6, 6.07) is 0. The van der Waals surface area contributed by atoms with E-state index in [-0.39, 0.29) is 0 Å². The Labute approximate surface area is 74.6 Å². The van der Waals surface area contributed by atoms with Crippen LogP contribution in [0, 0.1) is 5.92 Å². The summed E-state index contributed by atoms with van der Waals surface area (Å²) in [5, 5.41) is 0. The molecule has 11 heavy (non-hydrogen) atoms. The third-order valence-electron chi connectivity index (χ3n) is 2.33. The van der Waals surface area contributed by atoms with E-state index in [1.807, 2.05) is 0 Å². The molecule has 0 N–H and O–H groups in total. The van der Waals surface area contributed by atoms with Crippen LogP contribution in [0.3, 0.4) is 0 Å². The number of allylic oxidation sites excluding steroid dienone is 2. The van der Waals surface area contributed by atoms with Crippen molar-refractivity contribution in [1.29, 1.82) is 0 Å². The molecule has 0 aromatic heterocycles. The van der Waals surface area contributed by atoms with Crippen molar-refractivity contribution < 1.29 is 0 Å². The van der Waals surface area contributed by atoms with Crippen LogP contribution in [0.1, 0.15) is 38.5 Å². The molecule has 0 spiro atoms. The Bertz CT molecular complexity index is 112. The molecule has 1 rings (SSSR count). The molecule has 1 saturated carbocycles. The summed E-state index contributed by atoms with van der Waals surface area (Å²) in [5.74, 6) is 1.63. The predicted molar refractivity (Wildman–Crippen MR) is 51.1 cm³/mol. The summed E-state index contributed by atoms with van der Waals surface area (Å²) in [6.45, 7) is 0. The molecule has 0 bridgehead atoms. The van der Waals surface area contributed by atoms with Gasteiger partial charge in [0.15, 0.2) is 0 Å². The molecule has 1 aliphatic carbocycles. The average molecular weight is 173 g/mol. The molecule has 0 aromatic rings. The van der Waals surface area contributed by atoms with Gasteiger partial charge in [-0.3, -0.25) is 0 Å². The van der Waals surface area contributed by atoms with Gasteiger partial charge in [-0.15, -0.1) is 11.6 Å². The first-order valence-electron chi connectivity index (χ1n) is 4.66. The lowest BCUT2D eigenvalue weighted by molar-refractivity contribution is 0.419. The minimum Gasteiger partial charge on any atom is -0.126 e. The molecule has 0 amide bonds. The van der Waals surface area contributed by atoms with Gasteiger partial charge < -0.3 is 0 Å². The highest BCUT2D eigenvalue weighted by molar-refractivity contribution is 6.17. The van der Waals surface area contributed by atoms with E-state index < -0.39 is 0 Å². The molecule has 0 nitrogen and oxygen atoms in total. The molecular weight excluding hydrogens is 156 g/mol. The van der Waals surface area contributed by atoms with E-state index in [9.17, 15) is 0 Å². The zero-order chi connectivity index (χ0) is 7.94. The van der Waals surface area contributed by atoms with Gasteiger partial charge in [0.2, 0.25) is 0 Å². The second-order valence-corrected chi connectivity index (χ2v) is 3.68. The van der Waals surface area contributed by atoms with Gasteiger partial charge in [0, 0.05) is 5.88 Å². The van der Waals surface area contributed by atoms with Crippen LogP contribution >= 0.6 is 11.6 Å². The first kappa shape index (κ1) is 9.12. The Morgan fingerprint density at radius 2 is 1.91 bits per heavy atom. The molecule has 1 fully saturated rings. The summed E-state index contributed by atoms with van der Waals surface area (Å²) in [4.78, 5) is 0. The van der Waals surface area contributed by atoms with E-state index in [0.717, 1.165) is 18.2 Å². The van der Waals surface area contributed by atoms with Crippen molar-refractivity contribution in [3.05, 3.63) is 12.2 Å². The van der Waals surface area contributed by atoms with Gasteiger partial charge in [-0.25, -0.2) is 0 Å². The lowest BCUT2D eigenvalue weighted by atomic mass is 9.89. The van der Waals surface area contributed by atoms with Gasteiger partial charge in [-0.1, -0.05) is 31.4 Å². The maximum atomic E-state index is 5.57. The lowest BCUT2D eigenvalue weighted by Crippen LogP contribution is -2.02. The van der Waals surface area contributed by atoms with Gasteiger partial charge in [-0.05, 0) is 25.2 Å². The highest BCUT2D eigenvalue weighted by Gasteiger charge is 2.08. The molecule has 0 saturated heterocycles. The number of halogens is 1. The van der Waals surface area contributed by atoms with Crippen molar-refractivity contribution in [3.63, 3.8) is 0 Å². The van der Waals surface area contributed by atoms with Crippen molar-refractivity contribution in [1.82, 2.24) is 0 Å². The van der Waals surface area contributed by atoms with Crippen LogP contribution in [-0.2, 0) is 0 Å². The van der Waals surface area contributed by atoms with E-state index in [0.29, 0.717) is 0 Å². The van der Waals surface area contributed by atoms with Gasteiger partial charge in [0.25, 0.3) is 0 Å². The zero-order valence-corrected chi connectivity index (χ0v) is 7.82. The van der Waals surface area contributed by atoms with Crippen LogP contribution in [0.15, 0.2) is 12.2 Å². The van der Waals surface area contributed by atoms with E-state index in [4.69, 9.17) is 11.6 Å². The van der Waals surface area contributed by atoms with E-state index in [1.165, 1.54) is 32.1 Å². The van der Waals surface area contributed by atoms with Gasteiger partial charge in [-0.2, -0.15) is 0 Å². The van der Waals surface area contributed by atoms with E-state index in [1.54, 1.807) is 0 Å². The fourth-order valence-electron chi connectivity index (χ4n) is 1.68. The van der Waals surface area contributed by atoms with Crippen LogP contribution in [0.25, 0.3) is 0 Å². The summed E-state index contributed by atoms with van der Waals surface area (Å²) in [5.41, 5.74) is 0. The summed E-state index contributed by atoms with van der Waals surface area (Å²) in [6.07, 6.45) is 12.7. The van der Waals surface area contributed by atoms with Crippen molar-refractivity contribution >= 4 is 11.6 Å². The van der Waals surface area contributed by atoms with Crippen LogP contribution in [0.5, 0.6) is 0 Å². The van der Waals surface area contributed by atoms with Crippen LogP contribution in [0.4, 0.5) is 0 Å². The van der Waals surface area contributed by atoms with Gasteiger partial charge in [0.1, 0.15) is 0 Å². The molecule has 0 aromatic carbocycles. The highest BCUT2D eigenvalue weighted by Crippen LogP contribution is 2.24. The number of rotatable bonds is 3. The maximum absolute atomic E-state index is 5.57. The first-order valence-corrected chi connectivity index (χ1v) is 5.19. The Kier molecular flexibility index (Phi) is 4.69. The Morgan fingerprint density at radius 1 is 1.18 bits per heavy atom. The van der Waals surface area contributed by atoms with E-state index >= 15 is 0 Å². The topological polar surface area (TPSA) is 0 Å². The minimum absolute atomic E-state index is 0.767. The second kappa shape index (κ2) is 5.65. The standard InChI is InChI=1S/C10H17Cl/c11-9-5-4-8-10-6-2-1-3-7-10/h4,8,10H,1-3,5-7,9H2. The molecule has 0 aliphatic heterocycles. The van der Waals surface area contributed by atoms with Crippen molar-refractivity contribution in [2.24, 2.45) is 5.92 Å². The van der Waals surface area contributed by atoms with Crippen LogP contribution < -0.4 is 0 Å². The monoisotopic (exact) mass is 172 g/mol. The van der Waals surface area contributed by atoms with Crippen molar-refractivity contribution in [2.45, 2.75) is 38.5 Å². The van der Waals surface area contributed by atoms with Crippen molar-refractivity contribution in [3.8, 4) is 0 Å². The predicted octanol–water partition coefficient (Wildman–Crippen LogP) is 3.75. The number of hydrogen-bond acceptors (Lipinski definition) is 0.